The summed E-state index contributed by atoms with van der Waals surface area (Å²) in [6.07, 6.45) is 0.700. The van der Waals surface area contributed by atoms with Gasteiger partial charge in [0.2, 0.25) is 0 Å². The summed E-state index contributed by atoms with van der Waals surface area (Å²) < 4.78 is 5.31. The molecule has 0 unspecified atom stereocenters. The van der Waals surface area contributed by atoms with Gasteiger partial charge in [0.05, 0.1) is 11.1 Å². The van der Waals surface area contributed by atoms with Crippen LogP contribution in [0.2, 0.25) is 5.02 Å². The van der Waals surface area contributed by atoms with E-state index in [1.807, 2.05) is 45.0 Å². The third-order valence-corrected chi connectivity index (χ3v) is 5.06. The number of aromatic nitrogens is 1. The molecule has 1 aromatic heterocycles. The Kier molecular flexibility index (Phi) is 5.95. The maximum Gasteiger partial charge on any atom is 0.339 e. The number of nitrogens with one attached hydrogen (secondary N) is 1. The highest BCUT2D eigenvalue weighted by atomic mass is 35.5. The Labute approximate surface area is 168 Å². The second-order valence-electron chi connectivity index (χ2n) is 6.47. The number of fused-ring (bicyclic) bond motifs is 1. The van der Waals surface area contributed by atoms with Crippen LogP contribution in [0.3, 0.4) is 0 Å². The van der Waals surface area contributed by atoms with Gasteiger partial charge in [-0.15, -0.1) is 0 Å². The van der Waals surface area contributed by atoms with E-state index in [4.69, 9.17) is 16.3 Å². The first kappa shape index (κ1) is 19.8. The first-order chi connectivity index (χ1) is 13.4. The predicted octanol–water partition coefficient (Wildman–Crippen LogP) is 4.86. The summed E-state index contributed by atoms with van der Waals surface area (Å²) in [6, 6.07) is 12.7. The number of nitrogens with zero attached hydrogens (tertiary/aromatic N) is 1. The molecule has 3 rings (SSSR count). The second kappa shape index (κ2) is 8.40. The van der Waals surface area contributed by atoms with Crippen LogP contribution in [0.4, 0.5) is 5.69 Å². The minimum Gasteiger partial charge on any atom is -0.452 e. The van der Waals surface area contributed by atoms with Crippen molar-refractivity contribution in [2.75, 3.05) is 11.9 Å². The van der Waals surface area contributed by atoms with Gasteiger partial charge in [0.25, 0.3) is 5.91 Å². The molecular weight excluding hydrogens is 376 g/mol. The predicted molar refractivity (Wildman–Crippen MR) is 111 cm³/mol. The normalized spacial score (nSPS) is 10.7. The molecule has 0 saturated carbocycles. The fraction of sp³-hybridized carbons (Fsp3) is 0.227. The van der Waals surface area contributed by atoms with Crippen molar-refractivity contribution in [3.63, 3.8) is 0 Å². The third kappa shape index (κ3) is 3.99. The van der Waals surface area contributed by atoms with E-state index in [2.05, 4.69) is 10.3 Å². The summed E-state index contributed by atoms with van der Waals surface area (Å²) in [4.78, 5) is 29.6. The van der Waals surface area contributed by atoms with E-state index in [1.165, 1.54) is 0 Å². The number of carbonyl (C=O) groups is 2. The average molecular weight is 397 g/mol. The Balaban J connectivity index is 1.79. The Morgan fingerprint density at radius 1 is 1.07 bits per heavy atom. The zero-order valence-electron chi connectivity index (χ0n) is 16.0. The van der Waals surface area contributed by atoms with Gasteiger partial charge in [0.1, 0.15) is 0 Å². The van der Waals surface area contributed by atoms with E-state index in [1.54, 1.807) is 18.2 Å². The zero-order valence-corrected chi connectivity index (χ0v) is 16.8. The van der Waals surface area contributed by atoms with Crippen molar-refractivity contribution in [3.8, 4) is 0 Å². The molecule has 1 N–H and O–H groups in total. The lowest BCUT2D eigenvalue weighted by Crippen LogP contribution is -2.22. The van der Waals surface area contributed by atoms with Crippen molar-refractivity contribution in [3.05, 3.63) is 69.9 Å². The maximum absolute atomic E-state index is 12.8. The number of esters is 1. The standard InChI is InChI=1S/C22H21ClN2O3/c1-4-17-14(3)21(15-8-5-6-10-19(15)24-17)22(27)28-12-20(26)25-18-11-7-9-16(23)13(18)2/h5-11H,4,12H2,1-3H3,(H,25,26). The molecule has 5 nitrogen and oxygen atoms in total. The molecule has 1 amide bonds. The topological polar surface area (TPSA) is 68.3 Å². The van der Waals surface area contributed by atoms with Crippen molar-refractivity contribution in [1.29, 1.82) is 0 Å². The van der Waals surface area contributed by atoms with Crippen LogP contribution in [0.1, 0.15) is 34.1 Å². The van der Waals surface area contributed by atoms with E-state index < -0.39 is 11.9 Å². The number of hydrogen-bond acceptors (Lipinski definition) is 4. The van der Waals surface area contributed by atoms with Gasteiger partial charge in [-0.2, -0.15) is 0 Å². The molecule has 2 aromatic carbocycles. The molecule has 0 aliphatic carbocycles. The van der Waals surface area contributed by atoms with Gasteiger partial charge < -0.3 is 10.1 Å². The van der Waals surface area contributed by atoms with Gasteiger partial charge in [0.15, 0.2) is 6.61 Å². The fourth-order valence-corrected chi connectivity index (χ4v) is 3.27. The lowest BCUT2D eigenvalue weighted by Gasteiger charge is -2.14. The van der Waals surface area contributed by atoms with Gasteiger partial charge in [-0.1, -0.05) is 42.8 Å². The van der Waals surface area contributed by atoms with Crippen LogP contribution >= 0.6 is 11.6 Å². The van der Waals surface area contributed by atoms with Gasteiger partial charge in [-0.05, 0) is 49.6 Å². The number of benzene rings is 2. The molecule has 0 aliphatic heterocycles. The molecule has 144 valence electrons. The van der Waals surface area contributed by atoms with Gasteiger partial charge >= 0.3 is 5.97 Å². The van der Waals surface area contributed by atoms with Crippen molar-refractivity contribution in [2.45, 2.75) is 27.2 Å². The van der Waals surface area contributed by atoms with E-state index in [9.17, 15) is 9.59 Å². The quantitative estimate of drug-likeness (QED) is 0.625. The average Bonchev–Trinajstić information content (AvgIpc) is 2.69. The number of amides is 1. The van der Waals surface area contributed by atoms with Crippen LogP contribution in [0.5, 0.6) is 0 Å². The lowest BCUT2D eigenvalue weighted by atomic mass is 10.0. The summed E-state index contributed by atoms with van der Waals surface area (Å²) in [5.74, 6) is -0.964. The maximum atomic E-state index is 12.8. The lowest BCUT2D eigenvalue weighted by molar-refractivity contribution is -0.119. The first-order valence-corrected chi connectivity index (χ1v) is 9.40. The number of carbonyl (C=O) groups excluding carboxylic acids is 2. The number of rotatable bonds is 5. The minimum absolute atomic E-state index is 0.387. The van der Waals surface area contributed by atoms with Crippen LogP contribution in [-0.2, 0) is 16.0 Å². The van der Waals surface area contributed by atoms with E-state index >= 15 is 0 Å². The minimum atomic E-state index is -0.538. The van der Waals surface area contributed by atoms with E-state index in [-0.39, 0.29) is 6.61 Å². The number of pyridine rings is 1. The van der Waals surface area contributed by atoms with Crippen LogP contribution in [0, 0.1) is 13.8 Å². The molecule has 0 fully saturated rings. The van der Waals surface area contributed by atoms with Crippen molar-refractivity contribution in [2.24, 2.45) is 0 Å². The van der Waals surface area contributed by atoms with Crippen molar-refractivity contribution >= 4 is 40.1 Å². The monoisotopic (exact) mass is 396 g/mol. The molecule has 0 bridgehead atoms. The number of hydrogen-bond donors (Lipinski definition) is 1. The Bertz CT molecular complexity index is 1060. The fourth-order valence-electron chi connectivity index (χ4n) is 3.10. The van der Waals surface area contributed by atoms with E-state index in [0.29, 0.717) is 28.1 Å². The number of para-hydroxylation sites is 1. The Morgan fingerprint density at radius 2 is 1.82 bits per heavy atom. The van der Waals surface area contributed by atoms with Crippen molar-refractivity contribution in [1.82, 2.24) is 4.98 Å². The largest absolute Gasteiger partial charge is 0.452 e. The summed E-state index contributed by atoms with van der Waals surface area (Å²) in [5.41, 5.74) is 4.15. The molecule has 6 heteroatoms. The zero-order chi connectivity index (χ0) is 20.3. The second-order valence-corrected chi connectivity index (χ2v) is 6.87. The number of aryl methyl sites for hydroxylation is 1. The van der Waals surface area contributed by atoms with E-state index in [0.717, 1.165) is 22.3 Å². The molecule has 0 radical (unpaired) electrons. The SMILES string of the molecule is CCc1nc2ccccc2c(C(=O)OCC(=O)Nc2cccc(Cl)c2C)c1C. The number of ether oxygens (including phenoxy) is 1. The molecule has 0 aliphatic rings. The Hall–Kier alpha value is -2.92. The highest BCUT2D eigenvalue weighted by Gasteiger charge is 2.19. The third-order valence-electron chi connectivity index (χ3n) is 4.65. The first-order valence-electron chi connectivity index (χ1n) is 9.02. The number of anilines is 1. The molecule has 1 heterocycles. The summed E-state index contributed by atoms with van der Waals surface area (Å²) in [7, 11) is 0. The Morgan fingerprint density at radius 3 is 2.57 bits per heavy atom. The summed E-state index contributed by atoms with van der Waals surface area (Å²) in [6.45, 7) is 5.26. The molecule has 0 spiro atoms. The molecular formula is C22H21ClN2O3. The van der Waals surface area contributed by atoms with Crippen LogP contribution in [0.15, 0.2) is 42.5 Å². The van der Waals surface area contributed by atoms with Crippen LogP contribution in [-0.4, -0.2) is 23.5 Å². The molecule has 0 atom stereocenters. The highest BCUT2D eigenvalue weighted by molar-refractivity contribution is 6.31. The van der Waals surface area contributed by atoms with Gasteiger partial charge in [0, 0.05) is 21.8 Å². The molecule has 0 saturated heterocycles. The van der Waals surface area contributed by atoms with Gasteiger partial charge in [-0.3, -0.25) is 9.78 Å². The van der Waals surface area contributed by atoms with Crippen molar-refractivity contribution < 1.29 is 14.3 Å². The molecule has 28 heavy (non-hydrogen) atoms. The van der Waals surface area contributed by atoms with Gasteiger partial charge in [-0.25, -0.2) is 4.79 Å². The smallest absolute Gasteiger partial charge is 0.339 e. The summed E-state index contributed by atoms with van der Waals surface area (Å²) in [5, 5.41) is 3.99. The highest BCUT2D eigenvalue weighted by Crippen LogP contribution is 2.25. The summed E-state index contributed by atoms with van der Waals surface area (Å²) >= 11 is 6.06. The molecule has 3 aromatic rings. The van der Waals surface area contributed by atoms with Crippen LogP contribution in [0.25, 0.3) is 10.9 Å². The van der Waals surface area contributed by atoms with Crippen LogP contribution < -0.4 is 5.32 Å². The number of halogens is 1.